The third kappa shape index (κ3) is 4.29. The number of carbonyl (C=O) groups excluding carboxylic acids is 1. The van der Waals surface area contributed by atoms with Gasteiger partial charge in [-0.15, -0.1) is 0 Å². The van der Waals surface area contributed by atoms with Crippen molar-refractivity contribution in [2.75, 3.05) is 0 Å². The van der Waals surface area contributed by atoms with E-state index in [-0.39, 0.29) is 5.91 Å². The fraction of sp³-hybridized carbons (Fsp3) is 0.0909. The SMILES string of the molecule is CCc1ccc(N=C2NC(=O)/C(=C\c3ccc(-c4ccc(Br)cc4)o3)S2)cc1. The number of amides is 1. The molecule has 28 heavy (non-hydrogen) atoms. The van der Waals surface area contributed by atoms with Crippen LogP contribution >= 0.6 is 27.7 Å². The van der Waals surface area contributed by atoms with Gasteiger partial charge in [0, 0.05) is 16.1 Å². The van der Waals surface area contributed by atoms with Crippen molar-refractivity contribution in [2.24, 2.45) is 4.99 Å². The lowest BCUT2D eigenvalue weighted by Gasteiger charge is -1.98. The molecule has 0 radical (unpaired) electrons. The number of aliphatic imine (C=N–C) groups is 1. The lowest BCUT2D eigenvalue weighted by atomic mass is 10.2. The molecule has 1 aromatic heterocycles. The first kappa shape index (κ1) is 18.8. The lowest BCUT2D eigenvalue weighted by molar-refractivity contribution is -0.115. The number of nitrogens with zero attached hydrogens (tertiary/aromatic N) is 1. The summed E-state index contributed by atoms with van der Waals surface area (Å²) in [5.41, 5.74) is 3.05. The molecule has 0 aliphatic carbocycles. The number of nitrogens with one attached hydrogen (secondary N) is 1. The highest BCUT2D eigenvalue weighted by Crippen LogP contribution is 2.30. The van der Waals surface area contributed by atoms with Crippen molar-refractivity contribution in [1.29, 1.82) is 0 Å². The molecule has 4 rings (SSSR count). The van der Waals surface area contributed by atoms with Gasteiger partial charge in [-0.05, 0) is 60.1 Å². The molecule has 1 aliphatic heterocycles. The standard InChI is InChI=1S/C22H17BrN2O2S/c1-2-14-3-9-17(10-4-14)24-22-25-21(26)20(28-22)13-18-11-12-19(27-18)15-5-7-16(23)8-6-15/h3-13H,2H2,1H3,(H,24,25,26)/b20-13+. The molecule has 1 aliphatic rings. The largest absolute Gasteiger partial charge is 0.457 e. The van der Waals surface area contributed by atoms with Crippen LogP contribution in [0.2, 0.25) is 0 Å². The number of benzene rings is 2. The van der Waals surface area contributed by atoms with E-state index < -0.39 is 0 Å². The van der Waals surface area contributed by atoms with E-state index >= 15 is 0 Å². The maximum atomic E-state index is 12.3. The van der Waals surface area contributed by atoms with Crippen LogP contribution in [0.3, 0.4) is 0 Å². The Morgan fingerprint density at radius 1 is 1.07 bits per heavy atom. The number of furan rings is 1. The van der Waals surface area contributed by atoms with Gasteiger partial charge in [0.15, 0.2) is 5.17 Å². The third-order valence-electron chi connectivity index (χ3n) is 4.25. The number of aryl methyl sites for hydroxylation is 1. The molecule has 0 spiro atoms. The molecule has 0 bridgehead atoms. The molecule has 2 heterocycles. The van der Waals surface area contributed by atoms with E-state index in [2.05, 4.69) is 33.2 Å². The van der Waals surface area contributed by atoms with Crippen molar-refractivity contribution in [2.45, 2.75) is 13.3 Å². The van der Waals surface area contributed by atoms with Gasteiger partial charge in [-0.2, -0.15) is 0 Å². The van der Waals surface area contributed by atoms with E-state index in [0.717, 1.165) is 27.9 Å². The molecule has 4 nitrogen and oxygen atoms in total. The Labute approximate surface area is 175 Å². The molecule has 1 N–H and O–H groups in total. The first-order valence-corrected chi connectivity index (χ1v) is 10.5. The second-order valence-corrected chi connectivity index (χ2v) is 8.16. The Morgan fingerprint density at radius 2 is 1.82 bits per heavy atom. The van der Waals surface area contributed by atoms with Crippen molar-refractivity contribution in [3.8, 4) is 11.3 Å². The third-order valence-corrected chi connectivity index (χ3v) is 5.69. The van der Waals surface area contributed by atoms with Gasteiger partial charge >= 0.3 is 0 Å². The minimum absolute atomic E-state index is 0.171. The number of rotatable bonds is 4. The summed E-state index contributed by atoms with van der Waals surface area (Å²) in [6.07, 6.45) is 2.73. The van der Waals surface area contributed by atoms with Crippen molar-refractivity contribution in [1.82, 2.24) is 5.32 Å². The fourth-order valence-corrected chi connectivity index (χ4v) is 3.82. The summed E-state index contributed by atoms with van der Waals surface area (Å²) >= 11 is 4.74. The summed E-state index contributed by atoms with van der Waals surface area (Å²) in [5.74, 6) is 1.22. The van der Waals surface area contributed by atoms with Gasteiger partial charge in [0.05, 0.1) is 10.6 Å². The molecule has 0 saturated carbocycles. The van der Waals surface area contributed by atoms with Crippen molar-refractivity contribution in [3.05, 3.63) is 81.4 Å². The fourth-order valence-electron chi connectivity index (χ4n) is 2.73. The topological polar surface area (TPSA) is 54.6 Å². The number of thioether (sulfide) groups is 1. The Bertz CT molecular complexity index is 1070. The predicted octanol–water partition coefficient (Wildman–Crippen LogP) is 6.16. The van der Waals surface area contributed by atoms with E-state index in [9.17, 15) is 4.79 Å². The number of hydrogen-bond acceptors (Lipinski definition) is 4. The second-order valence-electron chi connectivity index (χ2n) is 6.21. The minimum atomic E-state index is -0.171. The Morgan fingerprint density at radius 3 is 2.54 bits per heavy atom. The average molecular weight is 453 g/mol. The molecule has 0 atom stereocenters. The van der Waals surface area contributed by atoms with Gasteiger partial charge in [-0.3, -0.25) is 4.79 Å². The zero-order valence-corrected chi connectivity index (χ0v) is 17.5. The summed E-state index contributed by atoms with van der Waals surface area (Å²) in [6, 6.07) is 19.6. The van der Waals surface area contributed by atoms with Crippen molar-refractivity contribution < 1.29 is 9.21 Å². The molecular weight excluding hydrogens is 436 g/mol. The Kier molecular flexibility index (Phi) is 5.50. The molecule has 1 amide bonds. The molecule has 1 fully saturated rings. The van der Waals surface area contributed by atoms with Crippen LogP contribution in [0.25, 0.3) is 17.4 Å². The van der Waals surface area contributed by atoms with E-state index in [1.54, 1.807) is 6.08 Å². The smallest absolute Gasteiger partial charge is 0.264 e. The number of hydrogen-bond donors (Lipinski definition) is 1. The van der Waals surface area contributed by atoms with Crippen LogP contribution in [0, 0.1) is 0 Å². The zero-order valence-electron chi connectivity index (χ0n) is 15.1. The van der Waals surface area contributed by atoms with Crippen LogP contribution in [-0.4, -0.2) is 11.1 Å². The van der Waals surface area contributed by atoms with Crippen LogP contribution in [0.4, 0.5) is 5.69 Å². The Balaban J connectivity index is 1.51. The molecule has 140 valence electrons. The number of amidine groups is 1. The number of halogens is 1. The van der Waals surface area contributed by atoms with Gasteiger partial charge in [0.2, 0.25) is 0 Å². The normalized spacial score (nSPS) is 16.7. The van der Waals surface area contributed by atoms with Crippen LogP contribution in [0.1, 0.15) is 18.2 Å². The summed E-state index contributed by atoms with van der Waals surface area (Å²) in [5, 5.41) is 3.37. The zero-order chi connectivity index (χ0) is 19.5. The quantitative estimate of drug-likeness (QED) is 0.481. The highest BCUT2D eigenvalue weighted by Gasteiger charge is 2.24. The van der Waals surface area contributed by atoms with Crippen LogP contribution in [0.5, 0.6) is 0 Å². The first-order chi connectivity index (χ1) is 13.6. The van der Waals surface area contributed by atoms with Gasteiger partial charge in [0.1, 0.15) is 11.5 Å². The van der Waals surface area contributed by atoms with Crippen molar-refractivity contribution in [3.63, 3.8) is 0 Å². The monoisotopic (exact) mass is 452 g/mol. The van der Waals surface area contributed by atoms with Gasteiger partial charge in [0.25, 0.3) is 5.91 Å². The first-order valence-electron chi connectivity index (χ1n) is 8.85. The molecule has 1 saturated heterocycles. The molecule has 3 aromatic rings. The van der Waals surface area contributed by atoms with E-state index in [4.69, 9.17) is 4.42 Å². The molecule has 2 aromatic carbocycles. The van der Waals surface area contributed by atoms with Crippen LogP contribution in [0.15, 0.2) is 79.5 Å². The summed E-state index contributed by atoms with van der Waals surface area (Å²) in [7, 11) is 0. The van der Waals surface area contributed by atoms with Gasteiger partial charge in [-0.1, -0.05) is 47.1 Å². The second kappa shape index (κ2) is 8.20. The van der Waals surface area contributed by atoms with Crippen LogP contribution in [-0.2, 0) is 11.2 Å². The highest BCUT2D eigenvalue weighted by atomic mass is 79.9. The van der Waals surface area contributed by atoms with Gasteiger partial charge in [-0.25, -0.2) is 4.99 Å². The Hall–Kier alpha value is -2.57. The van der Waals surface area contributed by atoms with Crippen LogP contribution < -0.4 is 5.32 Å². The predicted molar refractivity (Wildman–Crippen MR) is 118 cm³/mol. The summed E-state index contributed by atoms with van der Waals surface area (Å²) in [6.45, 7) is 2.11. The average Bonchev–Trinajstić information content (AvgIpc) is 3.30. The lowest BCUT2D eigenvalue weighted by Crippen LogP contribution is -2.19. The van der Waals surface area contributed by atoms with E-state index in [1.807, 2.05) is 60.7 Å². The van der Waals surface area contributed by atoms with E-state index in [0.29, 0.717) is 15.8 Å². The van der Waals surface area contributed by atoms with Crippen molar-refractivity contribution >= 4 is 50.5 Å². The summed E-state index contributed by atoms with van der Waals surface area (Å²) in [4.78, 5) is 17.3. The molecule has 0 unspecified atom stereocenters. The molecule has 6 heteroatoms. The van der Waals surface area contributed by atoms with E-state index in [1.165, 1.54) is 17.3 Å². The number of carbonyl (C=O) groups is 1. The van der Waals surface area contributed by atoms with Gasteiger partial charge < -0.3 is 9.73 Å². The summed E-state index contributed by atoms with van der Waals surface area (Å²) < 4.78 is 6.89. The maximum Gasteiger partial charge on any atom is 0.264 e. The minimum Gasteiger partial charge on any atom is -0.457 e. The highest BCUT2D eigenvalue weighted by molar-refractivity contribution is 9.10. The maximum absolute atomic E-state index is 12.3. The molecular formula is C22H17BrN2O2S.